The number of esters is 2. The van der Waals surface area contributed by atoms with Crippen LogP contribution in [0.2, 0.25) is 0 Å². The largest absolute Gasteiger partial charge is 0.545 e. The zero-order valence-corrected chi connectivity index (χ0v) is 36.9. The number of carboxylic acids is 1. The van der Waals surface area contributed by atoms with Crippen molar-refractivity contribution in [2.45, 2.75) is 180 Å². The van der Waals surface area contributed by atoms with Crippen LogP contribution in [0.4, 0.5) is 0 Å². The van der Waals surface area contributed by atoms with E-state index in [-0.39, 0.29) is 38.6 Å². The van der Waals surface area contributed by atoms with Crippen LogP contribution in [-0.2, 0) is 33.3 Å². The topological polar surface area (TPSA) is 111 Å². The van der Waals surface area contributed by atoms with Crippen molar-refractivity contribution >= 4 is 17.9 Å². The van der Waals surface area contributed by atoms with Crippen LogP contribution in [0.5, 0.6) is 0 Å². The zero-order valence-electron chi connectivity index (χ0n) is 36.9. The fourth-order valence-electron chi connectivity index (χ4n) is 5.70. The first-order valence-corrected chi connectivity index (χ1v) is 22.4. The summed E-state index contributed by atoms with van der Waals surface area (Å²) in [4.78, 5) is 37.0. The lowest BCUT2D eigenvalue weighted by Crippen LogP contribution is -2.44. The van der Waals surface area contributed by atoms with E-state index in [0.717, 1.165) is 103 Å². The second-order valence-corrected chi connectivity index (χ2v) is 16.0. The third-order valence-corrected chi connectivity index (χ3v) is 9.22. The van der Waals surface area contributed by atoms with Gasteiger partial charge in [-0.25, -0.2) is 0 Å². The molecule has 0 aromatic heterocycles. The number of unbranched alkanes of at least 4 members (excludes halogenated alkanes) is 15. The smallest absolute Gasteiger partial charge is 0.306 e. The Morgan fingerprint density at radius 3 is 1.47 bits per heavy atom. The van der Waals surface area contributed by atoms with Gasteiger partial charge in [0, 0.05) is 12.8 Å². The maximum Gasteiger partial charge on any atom is 0.306 e. The highest BCUT2D eigenvalue weighted by molar-refractivity contribution is 5.70. The van der Waals surface area contributed by atoms with Gasteiger partial charge in [-0.05, 0) is 77.0 Å². The monoisotopic (exact) mass is 802 g/mol. The molecule has 0 aliphatic rings. The summed E-state index contributed by atoms with van der Waals surface area (Å²) in [5, 5.41) is 11.7. The maximum atomic E-state index is 12.7. The van der Waals surface area contributed by atoms with Gasteiger partial charge in [0.05, 0.1) is 40.3 Å². The van der Waals surface area contributed by atoms with Gasteiger partial charge in [-0.3, -0.25) is 9.59 Å². The van der Waals surface area contributed by atoms with Crippen LogP contribution in [0, 0.1) is 0 Å². The molecule has 0 aromatic carbocycles. The van der Waals surface area contributed by atoms with E-state index in [2.05, 4.69) is 74.6 Å². The summed E-state index contributed by atoms with van der Waals surface area (Å²) in [5.74, 6) is -2.33. The molecule has 0 amide bonds. The van der Waals surface area contributed by atoms with Crippen LogP contribution in [0.1, 0.15) is 168 Å². The Labute approximate surface area is 348 Å². The van der Waals surface area contributed by atoms with E-state index in [1.165, 1.54) is 32.1 Å². The third kappa shape index (κ3) is 41.0. The maximum absolute atomic E-state index is 12.7. The van der Waals surface area contributed by atoms with Crippen molar-refractivity contribution in [2.24, 2.45) is 0 Å². The summed E-state index contributed by atoms with van der Waals surface area (Å²) in [6.07, 6.45) is 43.9. The SMILES string of the molecule is CCC/C=C\C/C=C\CCCCCCCC(=O)OCC(COC(OCC[N+](C)(C)C)C(=O)[O-])OC(=O)CCCCCCCC/C=C\C/C=C\C/C=C\CCCCC. The molecule has 0 aliphatic carbocycles. The van der Waals surface area contributed by atoms with E-state index in [4.69, 9.17) is 18.9 Å². The summed E-state index contributed by atoms with van der Waals surface area (Å²) < 4.78 is 22.5. The minimum Gasteiger partial charge on any atom is -0.545 e. The predicted octanol–water partition coefficient (Wildman–Crippen LogP) is 10.4. The standard InChI is InChI=1S/C48H83NO8/c1-6-8-10-12-14-16-18-20-21-22-23-24-25-27-29-31-33-35-37-39-46(51)57-44(43-56-48(47(52)53)54-41-40-49(3,4)5)42-55-45(50)38-36-34-32-30-28-26-19-17-15-13-11-9-7-2/h11,13-14,16-17,19-21,23-24,44,48H,6-10,12,15,18,22,25-43H2,1-5H3/b13-11-,16-14-,19-17-,21-20-,24-23-. The number of aliphatic carboxylic acids is 1. The zero-order chi connectivity index (χ0) is 42.1. The molecule has 328 valence electrons. The average molecular weight is 802 g/mol. The van der Waals surface area contributed by atoms with Gasteiger partial charge in [-0.1, -0.05) is 139 Å². The van der Waals surface area contributed by atoms with E-state index < -0.39 is 24.3 Å². The van der Waals surface area contributed by atoms with E-state index in [1.807, 2.05) is 21.1 Å². The van der Waals surface area contributed by atoms with Gasteiger partial charge < -0.3 is 33.3 Å². The predicted molar refractivity (Wildman–Crippen MR) is 232 cm³/mol. The Morgan fingerprint density at radius 2 is 0.982 bits per heavy atom. The molecule has 9 heteroatoms. The second kappa shape index (κ2) is 39.8. The van der Waals surface area contributed by atoms with E-state index in [0.29, 0.717) is 17.4 Å². The molecule has 0 aliphatic heterocycles. The molecule has 0 fully saturated rings. The number of allylic oxidation sites excluding steroid dienone is 10. The molecule has 0 spiro atoms. The molecular formula is C48H83NO8. The normalized spacial score (nSPS) is 13.5. The first kappa shape index (κ1) is 54.0. The van der Waals surface area contributed by atoms with Crippen molar-refractivity contribution in [1.29, 1.82) is 0 Å². The Morgan fingerprint density at radius 1 is 0.526 bits per heavy atom. The summed E-state index contributed by atoms with van der Waals surface area (Å²) in [6, 6.07) is 0. The molecule has 0 rings (SSSR count). The lowest BCUT2D eigenvalue weighted by Gasteiger charge is -2.26. The van der Waals surface area contributed by atoms with Crippen molar-refractivity contribution in [3.05, 3.63) is 60.8 Å². The van der Waals surface area contributed by atoms with Crippen molar-refractivity contribution in [3.8, 4) is 0 Å². The number of hydrogen-bond donors (Lipinski definition) is 0. The van der Waals surface area contributed by atoms with Gasteiger partial charge in [0.15, 0.2) is 12.4 Å². The van der Waals surface area contributed by atoms with Crippen molar-refractivity contribution < 1.29 is 42.9 Å². The molecule has 0 saturated carbocycles. The van der Waals surface area contributed by atoms with Crippen molar-refractivity contribution in [2.75, 3.05) is 47.5 Å². The minimum absolute atomic E-state index is 0.140. The highest BCUT2D eigenvalue weighted by Gasteiger charge is 2.21. The van der Waals surface area contributed by atoms with Gasteiger partial charge in [0.2, 0.25) is 0 Å². The molecule has 57 heavy (non-hydrogen) atoms. The molecule has 0 radical (unpaired) electrons. The quantitative estimate of drug-likeness (QED) is 0.0198. The number of ether oxygens (including phenoxy) is 4. The van der Waals surface area contributed by atoms with Gasteiger partial charge >= 0.3 is 11.9 Å². The van der Waals surface area contributed by atoms with Gasteiger partial charge in [-0.2, -0.15) is 0 Å². The van der Waals surface area contributed by atoms with E-state index >= 15 is 0 Å². The number of carbonyl (C=O) groups is 3. The molecular weight excluding hydrogens is 719 g/mol. The van der Waals surface area contributed by atoms with Gasteiger partial charge in [-0.15, -0.1) is 0 Å². The second-order valence-electron chi connectivity index (χ2n) is 16.0. The first-order valence-electron chi connectivity index (χ1n) is 22.4. The Bertz CT molecular complexity index is 1120. The Hall–Kier alpha value is -3.01. The molecule has 0 aromatic rings. The number of likely N-dealkylation sites (N-methyl/N-ethyl adjacent to an activating group) is 1. The number of hydrogen-bond acceptors (Lipinski definition) is 8. The molecule has 2 unspecified atom stereocenters. The highest BCUT2D eigenvalue weighted by atomic mass is 16.7. The average Bonchev–Trinajstić information content (AvgIpc) is 3.17. The Balaban J connectivity index is 4.48. The Kier molecular flexibility index (Phi) is 37.7. The number of carboxylic acid groups (broad SMARTS) is 1. The summed E-state index contributed by atoms with van der Waals surface area (Å²) in [7, 11) is 5.89. The third-order valence-electron chi connectivity index (χ3n) is 9.22. The van der Waals surface area contributed by atoms with Crippen molar-refractivity contribution in [3.63, 3.8) is 0 Å². The molecule has 0 saturated heterocycles. The lowest BCUT2D eigenvalue weighted by atomic mass is 10.1. The summed E-state index contributed by atoms with van der Waals surface area (Å²) in [5.41, 5.74) is 0. The van der Waals surface area contributed by atoms with Crippen molar-refractivity contribution in [1.82, 2.24) is 0 Å². The fraction of sp³-hybridized carbons (Fsp3) is 0.729. The molecule has 0 heterocycles. The van der Waals surface area contributed by atoms with E-state index in [1.54, 1.807) is 0 Å². The van der Waals surface area contributed by atoms with Crippen LogP contribution >= 0.6 is 0 Å². The van der Waals surface area contributed by atoms with Crippen LogP contribution < -0.4 is 5.11 Å². The number of carbonyl (C=O) groups excluding carboxylic acids is 3. The number of nitrogens with zero attached hydrogens (tertiary/aromatic N) is 1. The summed E-state index contributed by atoms with van der Waals surface area (Å²) in [6.45, 7) is 4.60. The lowest BCUT2D eigenvalue weighted by molar-refractivity contribution is -0.870. The van der Waals surface area contributed by atoms with Crippen LogP contribution in [0.15, 0.2) is 60.8 Å². The minimum atomic E-state index is -1.63. The molecule has 9 nitrogen and oxygen atoms in total. The van der Waals surface area contributed by atoms with Crippen LogP contribution in [-0.4, -0.2) is 82.3 Å². The summed E-state index contributed by atoms with van der Waals surface area (Å²) >= 11 is 0. The van der Waals surface area contributed by atoms with Crippen LogP contribution in [0.25, 0.3) is 0 Å². The molecule has 0 bridgehead atoms. The number of rotatable bonds is 40. The van der Waals surface area contributed by atoms with Crippen LogP contribution in [0.3, 0.4) is 0 Å². The molecule has 0 N–H and O–H groups in total. The van der Waals surface area contributed by atoms with Gasteiger partial charge in [0.25, 0.3) is 0 Å². The fourth-order valence-corrected chi connectivity index (χ4v) is 5.70. The first-order chi connectivity index (χ1) is 27.6. The molecule has 2 atom stereocenters. The number of quaternary nitrogens is 1. The van der Waals surface area contributed by atoms with E-state index in [9.17, 15) is 19.5 Å². The van der Waals surface area contributed by atoms with Gasteiger partial charge in [0.1, 0.15) is 13.2 Å². The highest BCUT2D eigenvalue weighted by Crippen LogP contribution is 2.13.